The van der Waals surface area contributed by atoms with Crippen LogP contribution in [0.3, 0.4) is 0 Å². The fraction of sp³-hybridized carbons (Fsp3) is 0.0423. The van der Waals surface area contributed by atoms with Gasteiger partial charge in [0, 0.05) is 89.5 Å². The van der Waals surface area contributed by atoms with E-state index in [0.717, 1.165) is 95.0 Å². The Bertz CT molecular complexity index is 4740. The molecule has 2 atom stereocenters. The summed E-state index contributed by atoms with van der Waals surface area (Å²) < 4.78 is 18.7. The smallest absolute Gasteiger partial charge is 0.137 e. The van der Waals surface area contributed by atoms with E-state index in [4.69, 9.17) is 9.15 Å². The number of rotatable bonds is 8. The zero-order valence-electron chi connectivity index (χ0n) is 42.1. The van der Waals surface area contributed by atoms with Gasteiger partial charge in [-0.25, -0.2) is 0 Å². The molecule has 0 spiro atoms. The second-order valence-corrected chi connectivity index (χ2v) is 20.7. The van der Waals surface area contributed by atoms with Crippen LogP contribution in [0.4, 0.5) is 28.4 Å². The maximum absolute atomic E-state index is 7.06. The molecule has 2 aliphatic rings. The first kappa shape index (κ1) is 43.4. The van der Waals surface area contributed by atoms with Gasteiger partial charge in [0.25, 0.3) is 0 Å². The van der Waals surface area contributed by atoms with Crippen molar-refractivity contribution in [3.63, 3.8) is 0 Å². The van der Waals surface area contributed by atoms with Crippen LogP contribution in [0.2, 0.25) is 0 Å². The Morgan fingerprint density at radius 2 is 0.870 bits per heavy atom. The number of allylic oxidation sites excluding steroid dienone is 1. The van der Waals surface area contributed by atoms with E-state index < -0.39 is 5.41 Å². The Morgan fingerprint density at radius 1 is 0.390 bits per heavy atom. The van der Waals surface area contributed by atoms with E-state index in [1.165, 1.54) is 38.1 Å². The molecule has 0 N–H and O–H groups in total. The van der Waals surface area contributed by atoms with Crippen LogP contribution in [0, 0.1) is 0 Å². The third-order valence-corrected chi connectivity index (χ3v) is 16.3. The van der Waals surface area contributed by atoms with E-state index in [1.807, 2.05) is 0 Å². The number of furan rings is 1. The molecule has 77 heavy (non-hydrogen) atoms. The van der Waals surface area contributed by atoms with Crippen molar-refractivity contribution in [1.82, 2.24) is 9.13 Å². The normalized spacial score (nSPS) is 15.9. The molecule has 6 nitrogen and oxygen atoms in total. The van der Waals surface area contributed by atoms with Crippen molar-refractivity contribution in [3.8, 4) is 17.1 Å². The van der Waals surface area contributed by atoms with Crippen molar-refractivity contribution < 1.29 is 9.15 Å². The quantitative estimate of drug-likeness (QED) is 0.152. The van der Waals surface area contributed by atoms with Gasteiger partial charge >= 0.3 is 0 Å². The number of fused-ring (bicyclic) bond motifs is 13. The monoisotopic (exact) mass is 988 g/mol. The molecule has 364 valence electrons. The highest BCUT2D eigenvalue weighted by atomic mass is 16.5. The maximum Gasteiger partial charge on any atom is 0.137 e. The van der Waals surface area contributed by atoms with Gasteiger partial charge in [-0.1, -0.05) is 127 Å². The van der Waals surface area contributed by atoms with Gasteiger partial charge in [-0.15, -0.1) is 0 Å². The highest BCUT2D eigenvalue weighted by Crippen LogP contribution is 2.51. The summed E-state index contributed by atoms with van der Waals surface area (Å²) in [6, 6.07) is 89.3. The highest BCUT2D eigenvalue weighted by molar-refractivity contribution is 6.13. The van der Waals surface area contributed by atoms with Gasteiger partial charge in [-0.3, -0.25) is 0 Å². The Labute approximate surface area is 444 Å². The topological polar surface area (TPSA) is 38.7 Å². The predicted molar refractivity (Wildman–Crippen MR) is 319 cm³/mol. The van der Waals surface area contributed by atoms with E-state index in [-0.39, 0.29) is 6.10 Å². The lowest BCUT2D eigenvalue weighted by Gasteiger charge is -2.34. The summed E-state index contributed by atoms with van der Waals surface area (Å²) in [5.74, 6) is 0.906. The van der Waals surface area contributed by atoms with Gasteiger partial charge in [-0.2, -0.15) is 0 Å². The second kappa shape index (κ2) is 16.7. The minimum Gasteiger partial charge on any atom is -0.485 e. The lowest BCUT2D eigenvalue weighted by molar-refractivity contribution is 0.227. The predicted octanol–water partition coefficient (Wildman–Crippen LogP) is 18.7. The Kier molecular flexibility index (Phi) is 9.43. The van der Waals surface area contributed by atoms with Crippen LogP contribution in [-0.4, -0.2) is 15.2 Å². The zero-order chi connectivity index (χ0) is 50.8. The second-order valence-electron chi connectivity index (χ2n) is 20.7. The Balaban J connectivity index is 0.765. The van der Waals surface area contributed by atoms with Crippen LogP contribution < -0.4 is 14.5 Å². The molecule has 0 radical (unpaired) electrons. The van der Waals surface area contributed by atoms with Crippen LogP contribution >= 0.6 is 0 Å². The van der Waals surface area contributed by atoms with E-state index in [2.05, 4.69) is 293 Å². The Morgan fingerprint density at radius 3 is 1.48 bits per heavy atom. The van der Waals surface area contributed by atoms with Gasteiger partial charge in [-0.05, 0) is 151 Å². The third-order valence-electron chi connectivity index (χ3n) is 16.3. The molecule has 14 aromatic rings. The number of nitrogens with zero attached hydrogens (tertiary/aromatic N) is 4. The van der Waals surface area contributed by atoms with Gasteiger partial charge in [0.1, 0.15) is 23.0 Å². The molecule has 11 aromatic carbocycles. The van der Waals surface area contributed by atoms with Crippen molar-refractivity contribution in [3.05, 3.63) is 278 Å². The van der Waals surface area contributed by atoms with Crippen LogP contribution in [0.15, 0.2) is 277 Å². The van der Waals surface area contributed by atoms with Crippen molar-refractivity contribution in [2.24, 2.45) is 0 Å². The largest absolute Gasteiger partial charge is 0.485 e. The fourth-order valence-electron chi connectivity index (χ4n) is 12.6. The van der Waals surface area contributed by atoms with Crippen molar-refractivity contribution in [2.45, 2.75) is 18.4 Å². The van der Waals surface area contributed by atoms with Crippen LogP contribution in [0.1, 0.15) is 12.5 Å². The molecule has 1 aliphatic heterocycles. The van der Waals surface area contributed by atoms with Gasteiger partial charge in [0.05, 0.1) is 27.5 Å². The molecular formula is C71H48N4O2. The summed E-state index contributed by atoms with van der Waals surface area (Å²) in [7, 11) is 0. The van der Waals surface area contributed by atoms with E-state index in [1.54, 1.807) is 0 Å². The minimum atomic E-state index is -0.393. The van der Waals surface area contributed by atoms with E-state index in [9.17, 15) is 0 Å². The van der Waals surface area contributed by atoms with E-state index >= 15 is 0 Å². The molecule has 1 aliphatic carbocycles. The zero-order valence-corrected chi connectivity index (χ0v) is 42.1. The number of hydrogen-bond acceptors (Lipinski definition) is 4. The molecular weight excluding hydrogens is 941 g/mol. The summed E-state index contributed by atoms with van der Waals surface area (Å²) in [4.78, 5) is 4.69. The average molecular weight is 989 g/mol. The molecule has 0 saturated carbocycles. The Hall–Kier alpha value is -10.0. The molecule has 6 heteroatoms. The summed E-state index contributed by atoms with van der Waals surface area (Å²) >= 11 is 0. The molecule has 4 heterocycles. The summed E-state index contributed by atoms with van der Waals surface area (Å²) in [6.07, 6.45) is 6.71. The fourth-order valence-corrected chi connectivity index (χ4v) is 12.6. The lowest BCUT2D eigenvalue weighted by Crippen LogP contribution is -2.35. The van der Waals surface area contributed by atoms with Crippen LogP contribution in [-0.2, 0) is 5.41 Å². The third kappa shape index (κ3) is 6.68. The SMILES string of the molecule is CC12C=CC(N(c3ccccc3)c3ccc4c5ccccc5n(-c5ccccc5)c4c3)=CC1Oc1cc3cc4c(cc3cc12)oc1cc(N(c2ccccc2)c2ccc3c5ccccc5n(-c5ccccc5)c3c2)ccc14. The van der Waals surface area contributed by atoms with Gasteiger partial charge in [0.2, 0.25) is 0 Å². The van der Waals surface area contributed by atoms with Crippen molar-refractivity contribution in [2.75, 3.05) is 9.80 Å². The maximum atomic E-state index is 7.06. The average Bonchev–Trinajstić information content (AvgIpc) is 4.26. The first-order chi connectivity index (χ1) is 38.0. The number of aromatic nitrogens is 2. The van der Waals surface area contributed by atoms with Gasteiger partial charge < -0.3 is 28.1 Å². The minimum absolute atomic E-state index is 0.225. The molecule has 2 unspecified atom stereocenters. The summed E-state index contributed by atoms with van der Waals surface area (Å²) in [5, 5.41) is 9.26. The molecule has 16 rings (SSSR count). The number of para-hydroxylation sites is 6. The molecule has 0 amide bonds. The van der Waals surface area contributed by atoms with Crippen molar-refractivity contribution in [1.29, 1.82) is 0 Å². The van der Waals surface area contributed by atoms with Gasteiger partial charge in [0.15, 0.2) is 0 Å². The molecule has 0 saturated heterocycles. The van der Waals surface area contributed by atoms with Crippen LogP contribution in [0.5, 0.6) is 5.75 Å². The van der Waals surface area contributed by atoms with Crippen molar-refractivity contribution >= 4 is 105 Å². The molecule has 3 aromatic heterocycles. The molecule has 0 bridgehead atoms. The van der Waals surface area contributed by atoms with Crippen LogP contribution in [0.25, 0.3) is 87.7 Å². The number of benzene rings is 11. The highest BCUT2D eigenvalue weighted by Gasteiger charge is 2.45. The first-order valence-corrected chi connectivity index (χ1v) is 26.4. The summed E-state index contributed by atoms with van der Waals surface area (Å²) in [6.45, 7) is 2.30. The summed E-state index contributed by atoms with van der Waals surface area (Å²) in [5.41, 5.74) is 15.7. The number of ether oxygens (including phenoxy) is 1. The molecule has 0 fully saturated rings. The standard InChI is InChI=1S/C71H48N4O2/c1-71-37-36-55(73(49-20-8-3-9-21-49)53-31-34-59-57-27-15-17-29-64(57)75(66(59)43-53)51-24-12-5-13-25-51)45-70(71)77-69-41-46-38-61-60-35-32-54(44-68(60)76-67(61)40-47(46)39-62(69)71)72(48-18-6-2-7-19-48)52-30-33-58-56-26-14-16-28-63(56)74(65(58)42-52)50-22-10-4-11-23-50/h2-45,70H,1H3. The van der Waals surface area contributed by atoms with E-state index in [0.29, 0.717) is 0 Å². The lowest BCUT2D eigenvalue weighted by atomic mass is 9.75. The number of hydrogen-bond donors (Lipinski definition) is 0. The first-order valence-electron chi connectivity index (χ1n) is 26.4. The number of anilines is 5.